The van der Waals surface area contributed by atoms with E-state index in [-0.39, 0.29) is 34.8 Å². The molecule has 0 bridgehead atoms. The van der Waals surface area contributed by atoms with Crippen LogP contribution in [-0.2, 0) is 14.6 Å². The first-order chi connectivity index (χ1) is 9.31. The third-order valence-electron chi connectivity index (χ3n) is 5.03. The van der Waals surface area contributed by atoms with E-state index in [1.165, 1.54) is 0 Å². The maximum atomic E-state index is 12.5. The van der Waals surface area contributed by atoms with Crippen molar-refractivity contribution in [1.29, 1.82) is 0 Å². The lowest BCUT2D eigenvalue weighted by molar-refractivity contribution is -0.133. The quantitative estimate of drug-likeness (QED) is 0.810. The lowest BCUT2D eigenvalue weighted by Gasteiger charge is -2.28. The van der Waals surface area contributed by atoms with Crippen LogP contribution in [0.1, 0.15) is 33.1 Å². The van der Waals surface area contributed by atoms with Crippen molar-refractivity contribution in [2.75, 3.05) is 31.6 Å². The largest absolute Gasteiger partial charge is 0.342 e. The Hall–Kier alpha value is -0.620. The summed E-state index contributed by atoms with van der Waals surface area (Å²) in [6, 6.07) is -0.244. The second-order valence-electron chi connectivity index (χ2n) is 6.37. The number of hydrogen-bond acceptors (Lipinski definition) is 4. The second-order valence-corrected chi connectivity index (χ2v) is 8.76. The fourth-order valence-corrected chi connectivity index (χ4v) is 4.43. The molecule has 2 unspecified atom stereocenters. The minimum absolute atomic E-state index is 0.0625. The summed E-state index contributed by atoms with van der Waals surface area (Å²) in [5, 5.41) is 3.33. The lowest BCUT2D eigenvalue weighted by Crippen LogP contribution is -2.42. The Morgan fingerprint density at radius 3 is 2.55 bits per heavy atom. The zero-order chi connectivity index (χ0) is 15.0. The molecule has 0 aromatic carbocycles. The molecule has 1 saturated carbocycles. The van der Waals surface area contributed by atoms with Gasteiger partial charge < -0.3 is 10.2 Å². The average Bonchev–Trinajstić information content (AvgIpc) is 3.10. The van der Waals surface area contributed by atoms with E-state index < -0.39 is 9.84 Å². The number of carbonyl (C=O) groups is 1. The van der Waals surface area contributed by atoms with E-state index in [4.69, 9.17) is 0 Å². The summed E-state index contributed by atoms with van der Waals surface area (Å²) in [6.07, 6.45) is 3.11. The molecule has 2 atom stereocenters. The van der Waals surface area contributed by atoms with Gasteiger partial charge in [0.05, 0.1) is 5.75 Å². The molecule has 1 saturated heterocycles. The van der Waals surface area contributed by atoms with Crippen molar-refractivity contribution in [2.45, 2.75) is 39.2 Å². The highest BCUT2D eigenvalue weighted by Crippen LogP contribution is 2.59. The summed E-state index contributed by atoms with van der Waals surface area (Å²) in [5.41, 5.74) is 0.208. The Bertz CT molecular complexity index is 469. The second kappa shape index (κ2) is 5.64. The fraction of sp³-hybridized carbons (Fsp3) is 0.929. The van der Waals surface area contributed by atoms with Crippen LogP contribution < -0.4 is 5.32 Å². The van der Waals surface area contributed by atoms with Gasteiger partial charge in [-0.25, -0.2) is 8.42 Å². The van der Waals surface area contributed by atoms with Crippen LogP contribution in [-0.4, -0.2) is 56.9 Å². The summed E-state index contributed by atoms with van der Waals surface area (Å²) in [4.78, 5) is 14.2. The maximum Gasteiger partial charge on any atom is 0.226 e. The molecule has 0 aromatic rings. The predicted octanol–water partition coefficient (Wildman–Crippen LogP) is 0.658. The van der Waals surface area contributed by atoms with Crippen LogP contribution in [0.15, 0.2) is 0 Å². The third kappa shape index (κ3) is 3.17. The van der Waals surface area contributed by atoms with Gasteiger partial charge in [-0.3, -0.25) is 4.79 Å². The van der Waals surface area contributed by atoms with Crippen LogP contribution in [0.25, 0.3) is 0 Å². The SMILES string of the molecule is CCS(=O)(=O)CC(C)N(C)C(=O)C1CC12CCNCC2. The molecule has 2 rings (SSSR count). The first-order valence-corrected chi connectivity index (χ1v) is 9.31. The van der Waals surface area contributed by atoms with E-state index in [9.17, 15) is 13.2 Å². The molecular weight excluding hydrogens is 276 g/mol. The zero-order valence-corrected chi connectivity index (χ0v) is 13.5. The van der Waals surface area contributed by atoms with E-state index in [0.29, 0.717) is 0 Å². The van der Waals surface area contributed by atoms with Gasteiger partial charge in [0.1, 0.15) is 0 Å². The standard InChI is InChI=1S/C14H26N2O3S/c1-4-20(18,19)10-11(2)16(3)13(17)12-9-14(12)5-7-15-8-6-14/h11-12,15H,4-10H2,1-3H3. The predicted molar refractivity (Wildman–Crippen MR) is 79.2 cm³/mol. The highest BCUT2D eigenvalue weighted by Gasteiger charge is 2.58. The molecule has 1 spiro atoms. The number of carbonyl (C=O) groups excluding carboxylic acids is 1. The topological polar surface area (TPSA) is 66.5 Å². The molecule has 1 heterocycles. The summed E-state index contributed by atoms with van der Waals surface area (Å²) >= 11 is 0. The minimum atomic E-state index is -3.04. The molecule has 0 radical (unpaired) electrons. The molecule has 1 amide bonds. The van der Waals surface area contributed by atoms with Crippen molar-refractivity contribution in [3.63, 3.8) is 0 Å². The summed E-state index contributed by atoms with van der Waals surface area (Å²) < 4.78 is 23.3. The van der Waals surface area contributed by atoms with Crippen molar-refractivity contribution >= 4 is 15.7 Å². The van der Waals surface area contributed by atoms with E-state index in [1.807, 2.05) is 6.92 Å². The highest BCUT2D eigenvalue weighted by molar-refractivity contribution is 7.91. The molecule has 2 fully saturated rings. The Balaban J connectivity index is 1.93. The van der Waals surface area contributed by atoms with Crippen LogP contribution in [0.4, 0.5) is 0 Å². The molecule has 0 aromatic heterocycles. The molecule has 1 aliphatic heterocycles. The van der Waals surface area contributed by atoms with Gasteiger partial charge in [0.25, 0.3) is 0 Å². The lowest BCUT2D eigenvalue weighted by atomic mass is 9.91. The van der Waals surface area contributed by atoms with Crippen LogP contribution >= 0.6 is 0 Å². The molecule has 1 N–H and O–H groups in total. The van der Waals surface area contributed by atoms with Crippen LogP contribution in [0.2, 0.25) is 0 Å². The fourth-order valence-electron chi connectivity index (χ4n) is 3.23. The van der Waals surface area contributed by atoms with Crippen molar-refractivity contribution in [2.24, 2.45) is 11.3 Å². The monoisotopic (exact) mass is 302 g/mol. The highest BCUT2D eigenvalue weighted by atomic mass is 32.2. The molecule has 1 aliphatic carbocycles. The number of piperidine rings is 1. The van der Waals surface area contributed by atoms with Crippen LogP contribution in [0.5, 0.6) is 0 Å². The van der Waals surface area contributed by atoms with Crippen molar-refractivity contribution in [1.82, 2.24) is 10.2 Å². The molecule has 5 nitrogen and oxygen atoms in total. The Kier molecular flexibility index (Phi) is 4.44. The zero-order valence-electron chi connectivity index (χ0n) is 12.7. The molecular formula is C14H26N2O3S. The Morgan fingerprint density at radius 1 is 1.40 bits per heavy atom. The van der Waals surface area contributed by atoms with Gasteiger partial charge in [0.15, 0.2) is 9.84 Å². The van der Waals surface area contributed by atoms with E-state index in [1.54, 1.807) is 18.9 Å². The number of hydrogen-bond donors (Lipinski definition) is 1. The van der Waals surface area contributed by atoms with Gasteiger partial charge in [-0.05, 0) is 44.7 Å². The van der Waals surface area contributed by atoms with Gasteiger partial charge in [-0.15, -0.1) is 0 Å². The summed E-state index contributed by atoms with van der Waals surface area (Å²) in [5.74, 6) is 0.442. The van der Waals surface area contributed by atoms with Gasteiger partial charge in [-0.1, -0.05) is 6.92 Å². The first kappa shape index (κ1) is 15.8. The maximum absolute atomic E-state index is 12.5. The Labute approximate surface area is 122 Å². The smallest absolute Gasteiger partial charge is 0.226 e. The Morgan fingerprint density at radius 2 is 2.00 bits per heavy atom. The number of sulfone groups is 1. The first-order valence-electron chi connectivity index (χ1n) is 7.49. The van der Waals surface area contributed by atoms with Gasteiger partial charge in [0.2, 0.25) is 5.91 Å². The summed E-state index contributed by atoms with van der Waals surface area (Å²) in [6.45, 7) is 5.46. The van der Waals surface area contributed by atoms with Gasteiger partial charge in [0, 0.05) is 24.8 Å². The van der Waals surface area contributed by atoms with Gasteiger partial charge >= 0.3 is 0 Å². The minimum Gasteiger partial charge on any atom is -0.342 e. The van der Waals surface area contributed by atoms with Crippen LogP contribution in [0.3, 0.4) is 0 Å². The van der Waals surface area contributed by atoms with E-state index in [0.717, 1.165) is 32.4 Å². The molecule has 20 heavy (non-hydrogen) atoms. The van der Waals surface area contributed by atoms with Crippen LogP contribution in [0, 0.1) is 11.3 Å². The summed E-state index contributed by atoms with van der Waals surface area (Å²) in [7, 11) is -1.30. The number of nitrogens with zero attached hydrogens (tertiary/aromatic N) is 1. The van der Waals surface area contributed by atoms with Crippen molar-refractivity contribution in [3.8, 4) is 0 Å². The third-order valence-corrected chi connectivity index (χ3v) is 6.90. The van der Waals surface area contributed by atoms with Crippen molar-refractivity contribution in [3.05, 3.63) is 0 Å². The molecule has 116 valence electrons. The van der Waals surface area contributed by atoms with Gasteiger partial charge in [-0.2, -0.15) is 0 Å². The molecule has 2 aliphatic rings. The van der Waals surface area contributed by atoms with E-state index in [2.05, 4.69) is 5.32 Å². The number of rotatable bonds is 5. The molecule has 6 heteroatoms. The number of nitrogens with one attached hydrogen (secondary N) is 1. The van der Waals surface area contributed by atoms with Crippen molar-refractivity contribution < 1.29 is 13.2 Å². The van der Waals surface area contributed by atoms with E-state index >= 15 is 0 Å². The average molecular weight is 302 g/mol. The normalized spacial score (nSPS) is 26.2. The number of amides is 1.